The third-order valence-electron chi connectivity index (χ3n) is 6.00. The van der Waals surface area contributed by atoms with E-state index in [1.807, 2.05) is 31.2 Å². The summed E-state index contributed by atoms with van der Waals surface area (Å²) < 4.78 is 65.6. The molecule has 4 rings (SSSR count). The molecule has 1 atom stereocenters. The van der Waals surface area contributed by atoms with Crippen LogP contribution in [0.15, 0.2) is 47.4 Å². The van der Waals surface area contributed by atoms with Crippen molar-refractivity contribution in [2.75, 3.05) is 32.8 Å². The second-order valence-corrected chi connectivity index (χ2v) is 10.0. The molecule has 2 aliphatic rings. The van der Waals surface area contributed by atoms with Crippen LogP contribution < -0.4 is 9.47 Å². The van der Waals surface area contributed by atoms with Crippen LogP contribution in [0.2, 0.25) is 0 Å². The van der Waals surface area contributed by atoms with Crippen molar-refractivity contribution in [3.63, 3.8) is 0 Å². The van der Waals surface area contributed by atoms with Crippen molar-refractivity contribution in [1.82, 2.24) is 9.21 Å². The van der Waals surface area contributed by atoms with Gasteiger partial charge in [0.2, 0.25) is 15.9 Å². The Bertz CT molecular complexity index is 1120. The molecule has 10 heteroatoms. The molecule has 1 amide bonds. The minimum Gasteiger partial charge on any atom is -0.486 e. The summed E-state index contributed by atoms with van der Waals surface area (Å²) in [5.41, 5.74) is 0. The number of carbonyl (C=O) groups is 1. The highest BCUT2D eigenvalue weighted by Crippen LogP contribution is 2.31. The predicted octanol–water partition coefficient (Wildman–Crippen LogP) is 3.05. The molecule has 1 fully saturated rings. The fourth-order valence-electron chi connectivity index (χ4n) is 4.20. The van der Waals surface area contributed by atoms with Gasteiger partial charge in [-0.3, -0.25) is 4.79 Å². The molecule has 178 valence electrons. The van der Waals surface area contributed by atoms with Crippen molar-refractivity contribution in [2.24, 2.45) is 5.92 Å². The number of hydrogen-bond acceptors (Lipinski definition) is 5. The Hall–Kier alpha value is -2.72. The lowest BCUT2D eigenvalue weighted by Gasteiger charge is -2.35. The van der Waals surface area contributed by atoms with Crippen LogP contribution >= 0.6 is 0 Å². The number of fused-ring (bicyclic) bond motifs is 1. The lowest BCUT2D eigenvalue weighted by atomic mass is 9.96. The Kier molecular flexibility index (Phi) is 6.85. The number of piperidine rings is 1. The Morgan fingerprint density at radius 1 is 1.12 bits per heavy atom. The molecule has 2 aliphatic heterocycles. The quantitative estimate of drug-likeness (QED) is 0.635. The van der Waals surface area contributed by atoms with Crippen LogP contribution in [0.1, 0.15) is 19.8 Å². The van der Waals surface area contributed by atoms with E-state index in [-0.39, 0.29) is 31.0 Å². The second kappa shape index (κ2) is 9.64. The molecule has 2 aromatic rings. The molecule has 2 aromatic carbocycles. The Labute approximate surface area is 191 Å². The van der Waals surface area contributed by atoms with Gasteiger partial charge in [-0.25, -0.2) is 17.2 Å². The average Bonchev–Trinajstić information content (AvgIpc) is 2.82. The fourth-order valence-corrected chi connectivity index (χ4v) is 5.71. The Balaban J connectivity index is 1.36. The molecular weight excluding hydrogens is 454 g/mol. The van der Waals surface area contributed by atoms with E-state index < -0.39 is 26.6 Å². The lowest BCUT2D eigenvalue weighted by Crippen LogP contribution is -2.48. The van der Waals surface area contributed by atoms with Crippen LogP contribution in [0.4, 0.5) is 8.78 Å². The first-order valence-corrected chi connectivity index (χ1v) is 12.4. The standard InChI is InChI=1S/C23H26F2N2O5S/c1-2-26(14-18-15-31-20-5-3-4-6-21(20)32-18)23(28)16-9-11-27(12-10-16)33(29,30)22-8-7-17(24)13-19(22)25/h3-8,13,16,18H,2,9-12,14-15H2,1H3/t18-/m0/s1. The van der Waals surface area contributed by atoms with E-state index in [0.717, 1.165) is 16.4 Å². The summed E-state index contributed by atoms with van der Waals surface area (Å²) in [4.78, 5) is 14.3. The number of carbonyl (C=O) groups excluding carboxylic acids is 1. The molecule has 0 spiro atoms. The summed E-state index contributed by atoms with van der Waals surface area (Å²) in [6, 6.07) is 9.76. The zero-order valence-corrected chi connectivity index (χ0v) is 19.1. The summed E-state index contributed by atoms with van der Waals surface area (Å²) in [5, 5.41) is 0. The van der Waals surface area contributed by atoms with Crippen LogP contribution in [0.25, 0.3) is 0 Å². The van der Waals surface area contributed by atoms with Crippen molar-refractivity contribution >= 4 is 15.9 Å². The van der Waals surface area contributed by atoms with E-state index in [9.17, 15) is 22.0 Å². The number of likely N-dealkylation sites (N-methyl/N-ethyl adjacent to an activating group) is 1. The minimum absolute atomic E-state index is 0.0648. The highest BCUT2D eigenvalue weighted by molar-refractivity contribution is 7.89. The van der Waals surface area contributed by atoms with Crippen molar-refractivity contribution in [3.05, 3.63) is 54.1 Å². The van der Waals surface area contributed by atoms with E-state index in [1.165, 1.54) is 0 Å². The fraction of sp³-hybridized carbons (Fsp3) is 0.435. The van der Waals surface area contributed by atoms with Gasteiger partial charge in [0.15, 0.2) is 17.6 Å². The number of rotatable bonds is 6. The van der Waals surface area contributed by atoms with Gasteiger partial charge in [-0.05, 0) is 44.0 Å². The number of nitrogens with zero attached hydrogens (tertiary/aromatic N) is 2. The van der Waals surface area contributed by atoms with Crippen LogP contribution in [-0.4, -0.2) is 62.4 Å². The smallest absolute Gasteiger partial charge is 0.245 e. The van der Waals surface area contributed by atoms with Gasteiger partial charge in [0, 0.05) is 31.6 Å². The van der Waals surface area contributed by atoms with Crippen LogP contribution in [0.5, 0.6) is 11.5 Å². The zero-order valence-electron chi connectivity index (χ0n) is 18.2. The molecule has 0 bridgehead atoms. The first-order chi connectivity index (χ1) is 15.8. The summed E-state index contributed by atoms with van der Waals surface area (Å²) in [5.74, 6) is -1.05. The van der Waals surface area contributed by atoms with Gasteiger partial charge in [-0.1, -0.05) is 12.1 Å². The van der Waals surface area contributed by atoms with Crippen molar-refractivity contribution < 1.29 is 31.5 Å². The number of halogens is 2. The largest absolute Gasteiger partial charge is 0.486 e. The molecule has 0 aliphatic carbocycles. The molecule has 7 nitrogen and oxygen atoms in total. The topological polar surface area (TPSA) is 76.2 Å². The van der Waals surface area contributed by atoms with Gasteiger partial charge >= 0.3 is 0 Å². The van der Waals surface area contributed by atoms with E-state index in [0.29, 0.717) is 50.1 Å². The predicted molar refractivity (Wildman–Crippen MR) is 116 cm³/mol. The maximum atomic E-state index is 14.0. The van der Waals surface area contributed by atoms with E-state index in [2.05, 4.69) is 0 Å². The average molecular weight is 481 g/mol. The molecule has 1 saturated heterocycles. The van der Waals surface area contributed by atoms with E-state index >= 15 is 0 Å². The number of sulfonamides is 1. The van der Waals surface area contributed by atoms with Gasteiger partial charge in [-0.15, -0.1) is 0 Å². The Morgan fingerprint density at radius 2 is 1.82 bits per heavy atom. The molecule has 2 heterocycles. The SMILES string of the molecule is CCN(C[C@H]1COc2ccccc2O1)C(=O)C1CCN(S(=O)(=O)c2ccc(F)cc2F)CC1. The van der Waals surface area contributed by atoms with Crippen molar-refractivity contribution in [2.45, 2.75) is 30.8 Å². The Morgan fingerprint density at radius 3 is 2.48 bits per heavy atom. The maximum absolute atomic E-state index is 14.0. The van der Waals surface area contributed by atoms with E-state index in [4.69, 9.17) is 9.47 Å². The highest BCUT2D eigenvalue weighted by atomic mass is 32.2. The van der Waals surface area contributed by atoms with Gasteiger partial charge in [-0.2, -0.15) is 4.31 Å². The molecule has 33 heavy (non-hydrogen) atoms. The minimum atomic E-state index is -4.11. The number of amides is 1. The first-order valence-electron chi connectivity index (χ1n) is 10.9. The van der Waals surface area contributed by atoms with Crippen molar-refractivity contribution in [1.29, 1.82) is 0 Å². The monoisotopic (exact) mass is 480 g/mol. The van der Waals surface area contributed by atoms with Gasteiger partial charge in [0.1, 0.15) is 23.1 Å². The van der Waals surface area contributed by atoms with Crippen molar-refractivity contribution in [3.8, 4) is 11.5 Å². The number of ether oxygens (including phenoxy) is 2. The van der Waals surface area contributed by atoms with Gasteiger partial charge in [0.25, 0.3) is 0 Å². The highest BCUT2D eigenvalue weighted by Gasteiger charge is 2.35. The molecule has 0 unspecified atom stereocenters. The van der Waals surface area contributed by atoms with Crippen LogP contribution in [0.3, 0.4) is 0 Å². The second-order valence-electron chi connectivity index (χ2n) is 8.13. The van der Waals surface area contributed by atoms with Crippen LogP contribution in [0, 0.1) is 17.6 Å². The maximum Gasteiger partial charge on any atom is 0.245 e. The molecular formula is C23H26F2N2O5S. The normalized spacial score (nSPS) is 19.3. The molecule has 0 N–H and O–H groups in total. The third-order valence-corrected chi connectivity index (χ3v) is 7.93. The number of para-hydroxylation sites is 2. The molecule has 0 saturated carbocycles. The summed E-state index contributed by atoms with van der Waals surface area (Å²) in [6.07, 6.45) is 0.343. The summed E-state index contributed by atoms with van der Waals surface area (Å²) in [6.45, 7) is 3.24. The number of benzene rings is 2. The lowest BCUT2D eigenvalue weighted by molar-refractivity contribution is -0.138. The summed E-state index contributed by atoms with van der Waals surface area (Å²) >= 11 is 0. The van der Waals surface area contributed by atoms with Gasteiger partial charge in [0.05, 0.1) is 6.54 Å². The third kappa shape index (κ3) is 4.96. The molecule has 0 aromatic heterocycles. The van der Waals surface area contributed by atoms with Crippen LogP contribution in [-0.2, 0) is 14.8 Å². The van der Waals surface area contributed by atoms with Gasteiger partial charge < -0.3 is 14.4 Å². The first kappa shape index (κ1) is 23.4. The zero-order chi connectivity index (χ0) is 23.6. The van der Waals surface area contributed by atoms with E-state index in [1.54, 1.807) is 4.90 Å². The molecule has 0 radical (unpaired) electrons. The number of hydrogen-bond donors (Lipinski definition) is 0. The summed E-state index contributed by atoms with van der Waals surface area (Å²) in [7, 11) is -4.11.